The van der Waals surface area contributed by atoms with E-state index in [1.54, 1.807) is 0 Å². The first-order valence-electron chi connectivity index (χ1n) is 4.56. The van der Waals surface area contributed by atoms with Crippen LogP contribution in [-0.2, 0) is 5.41 Å². The van der Waals surface area contributed by atoms with E-state index < -0.39 is 6.85 Å². The topological polar surface area (TPSA) is 38.9 Å². The van der Waals surface area contributed by atoms with Gasteiger partial charge < -0.3 is 4.52 Å². The molecule has 3 heteroatoms. The number of aryl methyl sites for hydroxylation is 1. The van der Waals surface area contributed by atoms with E-state index in [0.717, 1.165) is 0 Å². The second-order valence-electron chi connectivity index (χ2n) is 3.17. The maximum absolute atomic E-state index is 7.03. The third-order valence-electron chi connectivity index (χ3n) is 1.10. The maximum atomic E-state index is 7.03. The number of hydrogen-bond donors (Lipinski definition) is 0. The summed E-state index contributed by atoms with van der Waals surface area (Å²) in [5.41, 5.74) is -0.285. The van der Waals surface area contributed by atoms with E-state index in [1.807, 2.05) is 20.8 Å². The van der Waals surface area contributed by atoms with Gasteiger partial charge >= 0.3 is 0 Å². The monoisotopic (exact) mass is 143 g/mol. The zero-order chi connectivity index (χ0) is 10.3. The Morgan fingerprint density at radius 2 is 2.20 bits per heavy atom. The van der Waals surface area contributed by atoms with Gasteiger partial charge in [0.1, 0.15) is 0 Å². The Hall–Kier alpha value is -0.860. The number of nitrogens with zero attached hydrogens (tertiary/aromatic N) is 2. The highest BCUT2D eigenvalue weighted by Gasteiger charge is 2.19. The van der Waals surface area contributed by atoms with E-state index in [1.165, 1.54) is 0 Å². The first-order valence-corrected chi connectivity index (χ1v) is 3.06. The van der Waals surface area contributed by atoms with Gasteiger partial charge in [-0.2, -0.15) is 4.98 Å². The molecule has 0 aliphatic heterocycles. The molecular weight excluding hydrogens is 128 g/mol. The zero-order valence-electron chi connectivity index (χ0n) is 9.30. The van der Waals surface area contributed by atoms with Gasteiger partial charge in [-0.15, -0.1) is 0 Å². The van der Waals surface area contributed by atoms with Crippen LogP contribution in [0.2, 0.25) is 0 Å². The van der Waals surface area contributed by atoms with Crippen molar-refractivity contribution in [1.82, 2.24) is 10.1 Å². The fourth-order valence-electron chi connectivity index (χ4n) is 0.528. The largest absolute Gasteiger partial charge is 0.340 e. The van der Waals surface area contributed by atoms with Gasteiger partial charge in [-0.25, -0.2) is 0 Å². The van der Waals surface area contributed by atoms with Crippen LogP contribution in [0.4, 0.5) is 0 Å². The van der Waals surface area contributed by atoms with Crippen LogP contribution in [0.25, 0.3) is 0 Å². The molecule has 1 aromatic heterocycles. The summed E-state index contributed by atoms with van der Waals surface area (Å²) < 4.78 is 25.7. The van der Waals surface area contributed by atoms with Gasteiger partial charge in [0.2, 0.25) is 5.89 Å². The normalized spacial score (nSPS) is 17.7. The van der Waals surface area contributed by atoms with Crippen LogP contribution in [0.5, 0.6) is 0 Å². The van der Waals surface area contributed by atoms with Gasteiger partial charge in [0.05, 0.1) is 0 Å². The quantitative estimate of drug-likeness (QED) is 0.554. The van der Waals surface area contributed by atoms with Gasteiger partial charge in [-0.3, -0.25) is 0 Å². The predicted octanol–water partition coefficient (Wildman–Crippen LogP) is 1.68. The molecule has 0 aliphatic rings. The average Bonchev–Trinajstić information content (AvgIpc) is 2.28. The summed E-state index contributed by atoms with van der Waals surface area (Å²) in [4.78, 5) is 3.81. The van der Waals surface area contributed by atoms with Crippen LogP contribution < -0.4 is 0 Å². The van der Waals surface area contributed by atoms with Crippen molar-refractivity contribution in [3.8, 4) is 0 Å². The molecule has 1 heterocycles. The molecule has 0 radical (unpaired) electrons. The molecule has 0 aromatic carbocycles. The lowest BCUT2D eigenvalue weighted by atomic mass is 9.96. The highest BCUT2D eigenvalue weighted by molar-refractivity contribution is 4.98. The molecule has 0 saturated heterocycles. The van der Waals surface area contributed by atoms with Gasteiger partial charge in [-0.05, 0) is 0 Å². The minimum atomic E-state index is -2.31. The van der Waals surface area contributed by atoms with Crippen LogP contribution in [0.1, 0.15) is 36.6 Å². The molecule has 1 rings (SSSR count). The number of aromatic nitrogens is 2. The number of hydrogen-bond acceptors (Lipinski definition) is 3. The highest BCUT2D eigenvalue weighted by Crippen LogP contribution is 2.17. The van der Waals surface area contributed by atoms with Gasteiger partial charge in [0.25, 0.3) is 0 Å². The van der Waals surface area contributed by atoms with Crippen molar-refractivity contribution in [3.05, 3.63) is 11.7 Å². The fraction of sp³-hybridized carbons (Fsp3) is 0.714. The Labute approximate surface area is 64.7 Å². The molecule has 3 nitrogen and oxygen atoms in total. The van der Waals surface area contributed by atoms with E-state index in [9.17, 15) is 0 Å². The minimum absolute atomic E-state index is 0.285. The first kappa shape index (κ1) is 4.11. The molecule has 0 atom stereocenters. The van der Waals surface area contributed by atoms with Crippen molar-refractivity contribution in [1.29, 1.82) is 0 Å². The standard InChI is InChI=1S/C7H12N2O/c1-5-8-6(9-10-5)7(2,3)4/h1-4H3/i1D3. The second kappa shape index (κ2) is 2.08. The highest BCUT2D eigenvalue weighted by atomic mass is 16.5. The van der Waals surface area contributed by atoms with Crippen molar-refractivity contribution in [3.63, 3.8) is 0 Å². The molecule has 10 heavy (non-hydrogen) atoms. The molecule has 0 saturated carbocycles. The summed E-state index contributed by atoms with van der Waals surface area (Å²) in [7, 11) is 0. The smallest absolute Gasteiger partial charge is 0.223 e. The van der Waals surface area contributed by atoms with Gasteiger partial charge in [0.15, 0.2) is 5.82 Å². The average molecular weight is 143 g/mol. The molecule has 56 valence electrons. The first-order chi connectivity index (χ1) is 5.71. The van der Waals surface area contributed by atoms with Crippen molar-refractivity contribution < 1.29 is 8.64 Å². The maximum Gasteiger partial charge on any atom is 0.223 e. The van der Waals surface area contributed by atoms with E-state index in [2.05, 4.69) is 14.7 Å². The third-order valence-corrected chi connectivity index (χ3v) is 1.10. The SMILES string of the molecule is [2H]C([2H])([2H])c1nc(C(C)(C)C)no1. The third kappa shape index (κ3) is 1.35. The van der Waals surface area contributed by atoms with E-state index in [-0.39, 0.29) is 11.3 Å². The second-order valence-corrected chi connectivity index (χ2v) is 3.17. The Morgan fingerprint density at radius 3 is 2.50 bits per heavy atom. The Kier molecular flexibility index (Phi) is 0.853. The lowest BCUT2D eigenvalue weighted by molar-refractivity contribution is 0.375. The number of rotatable bonds is 0. The molecule has 0 bridgehead atoms. The Bertz CT molecular complexity index is 269. The predicted molar refractivity (Wildman–Crippen MR) is 37.7 cm³/mol. The summed E-state index contributed by atoms with van der Waals surface area (Å²) in [5.74, 6) is 0.121. The Balaban J connectivity index is 3.01. The molecule has 0 spiro atoms. The molecule has 0 N–H and O–H groups in total. The van der Waals surface area contributed by atoms with Crippen LogP contribution in [0, 0.1) is 6.85 Å². The van der Waals surface area contributed by atoms with Crippen LogP contribution in [0.15, 0.2) is 4.52 Å². The van der Waals surface area contributed by atoms with Crippen molar-refractivity contribution in [2.75, 3.05) is 0 Å². The van der Waals surface area contributed by atoms with Crippen molar-refractivity contribution in [2.45, 2.75) is 33.0 Å². The van der Waals surface area contributed by atoms with Gasteiger partial charge in [0, 0.05) is 16.4 Å². The lowest BCUT2D eigenvalue weighted by Crippen LogP contribution is -2.13. The van der Waals surface area contributed by atoms with E-state index in [0.29, 0.717) is 5.82 Å². The van der Waals surface area contributed by atoms with Gasteiger partial charge in [-0.1, -0.05) is 25.9 Å². The Morgan fingerprint density at radius 1 is 1.50 bits per heavy atom. The molecule has 0 aliphatic carbocycles. The fourth-order valence-corrected chi connectivity index (χ4v) is 0.528. The molecule has 1 aromatic rings. The minimum Gasteiger partial charge on any atom is -0.340 e. The summed E-state index contributed by atoms with van der Waals surface area (Å²) in [6.07, 6.45) is 0. The van der Waals surface area contributed by atoms with E-state index in [4.69, 9.17) is 4.11 Å². The summed E-state index contributed by atoms with van der Waals surface area (Å²) in [6, 6.07) is 0. The summed E-state index contributed by atoms with van der Waals surface area (Å²) in [6.45, 7) is 3.36. The van der Waals surface area contributed by atoms with Crippen molar-refractivity contribution >= 4 is 0 Å². The zero-order valence-corrected chi connectivity index (χ0v) is 6.30. The summed E-state index contributed by atoms with van der Waals surface area (Å²) >= 11 is 0. The van der Waals surface area contributed by atoms with E-state index >= 15 is 0 Å². The van der Waals surface area contributed by atoms with Crippen molar-refractivity contribution in [2.24, 2.45) is 0 Å². The summed E-state index contributed by atoms with van der Waals surface area (Å²) in [5, 5.41) is 3.61. The molecular formula is C7H12N2O. The molecule has 0 amide bonds. The van der Waals surface area contributed by atoms with Crippen LogP contribution >= 0.6 is 0 Å². The van der Waals surface area contributed by atoms with Crippen LogP contribution in [-0.4, -0.2) is 10.1 Å². The molecule has 0 fully saturated rings. The molecule has 0 unspecified atom stereocenters. The lowest BCUT2D eigenvalue weighted by Gasteiger charge is -2.10. The van der Waals surface area contributed by atoms with Crippen LogP contribution in [0.3, 0.4) is 0 Å².